The highest BCUT2D eigenvalue weighted by atomic mass is 16.5. The second-order valence-corrected chi connectivity index (χ2v) is 3.89. The van der Waals surface area contributed by atoms with Crippen molar-refractivity contribution in [2.24, 2.45) is 0 Å². The van der Waals surface area contributed by atoms with Crippen LogP contribution in [0.3, 0.4) is 0 Å². The summed E-state index contributed by atoms with van der Waals surface area (Å²) in [5.41, 5.74) is 14.3. The van der Waals surface area contributed by atoms with Crippen LogP contribution in [-0.2, 0) is 0 Å². The fraction of sp³-hybridized carbons (Fsp3) is 0.250. The van der Waals surface area contributed by atoms with Gasteiger partial charge in [0.15, 0.2) is 5.82 Å². The summed E-state index contributed by atoms with van der Waals surface area (Å²) in [5, 5.41) is 0. The molecular weight excluding hydrogens is 246 g/mol. The summed E-state index contributed by atoms with van der Waals surface area (Å²) in [6, 6.07) is 3.90. The smallest absolute Gasteiger partial charge is 0.322 e. The lowest BCUT2D eigenvalue weighted by Crippen LogP contribution is -2.05. The van der Waals surface area contributed by atoms with Gasteiger partial charge in [-0.3, -0.25) is 0 Å². The summed E-state index contributed by atoms with van der Waals surface area (Å²) in [5.74, 6) is 0.367. The number of nitrogens with zero attached hydrogens (tertiary/aromatic N) is 3. The van der Waals surface area contributed by atoms with Crippen molar-refractivity contribution < 1.29 is 9.47 Å². The van der Waals surface area contributed by atoms with Crippen LogP contribution in [0.2, 0.25) is 0 Å². The number of nitrogens with two attached hydrogens (primary N) is 2. The predicted octanol–water partition coefficient (Wildman–Crippen LogP) is 1.03. The molecule has 2 rings (SSSR count). The molecule has 2 aromatic rings. The van der Waals surface area contributed by atoms with E-state index < -0.39 is 0 Å². The highest BCUT2D eigenvalue weighted by Gasteiger charge is 2.15. The molecule has 7 nitrogen and oxygen atoms in total. The Hall–Kier alpha value is -2.57. The van der Waals surface area contributed by atoms with Gasteiger partial charge in [0, 0.05) is 5.56 Å². The van der Waals surface area contributed by atoms with E-state index in [9.17, 15) is 0 Å². The number of hydrogen-bond donors (Lipinski definition) is 2. The van der Waals surface area contributed by atoms with Crippen molar-refractivity contribution in [3.63, 3.8) is 0 Å². The average Bonchev–Trinajstić information content (AvgIpc) is 2.43. The van der Waals surface area contributed by atoms with E-state index in [1.54, 1.807) is 6.07 Å². The van der Waals surface area contributed by atoms with Gasteiger partial charge in [0.25, 0.3) is 0 Å². The Morgan fingerprint density at radius 2 is 1.53 bits per heavy atom. The van der Waals surface area contributed by atoms with Crippen LogP contribution in [-0.4, -0.2) is 29.2 Å². The summed E-state index contributed by atoms with van der Waals surface area (Å²) in [6.45, 7) is 1.90. The largest absolute Gasteiger partial charge is 0.467 e. The second-order valence-electron chi connectivity index (χ2n) is 3.89. The van der Waals surface area contributed by atoms with E-state index in [2.05, 4.69) is 15.0 Å². The lowest BCUT2D eigenvalue weighted by molar-refractivity contribution is 0.341. The molecule has 0 fully saturated rings. The molecule has 19 heavy (non-hydrogen) atoms. The topological polar surface area (TPSA) is 109 Å². The third-order valence-corrected chi connectivity index (χ3v) is 2.67. The van der Waals surface area contributed by atoms with E-state index >= 15 is 0 Å². The van der Waals surface area contributed by atoms with Crippen LogP contribution in [0, 0.1) is 6.92 Å². The molecule has 0 aliphatic heterocycles. The Morgan fingerprint density at radius 1 is 0.947 bits per heavy atom. The average molecular weight is 261 g/mol. The number of nitrogen functional groups attached to an aromatic ring is 2. The first kappa shape index (κ1) is 12.9. The predicted molar refractivity (Wildman–Crippen MR) is 71.9 cm³/mol. The standard InChI is InChI=1S/C12H15N5O2/c1-6-4-5-7(13)9(14)8(6)10-15-11(18-2)17-12(16-10)19-3/h4-5H,13-14H2,1-3H3. The maximum Gasteiger partial charge on any atom is 0.322 e. The van der Waals surface area contributed by atoms with Crippen LogP contribution in [0.1, 0.15) is 5.56 Å². The minimum Gasteiger partial charge on any atom is -0.467 e. The van der Waals surface area contributed by atoms with Crippen LogP contribution in [0.25, 0.3) is 11.4 Å². The highest BCUT2D eigenvalue weighted by Crippen LogP contribution is 2.32. The van der Waals surface area contributed by atoms with E-state index in [4.69, 9.17) is 20.9 Å². The number of aromatic nitrogens is 3. The molecular formula is C12H15N5O2. The fourth-order valence-electron chi connectivity index (χ4n) is 1.67. The molecule has 4 N–H and O–H groups in total. The van der Waals surface area contributed by atoms with Crippen molar-refractivity contribution in [2.75, 3.05) is 25.7 Å². The van der Waals surface area contributed by atoms with Gasteiger partial charge in [0.05, 0.1) is 25.6 Å². The van der Waals surface area contributed by atoms with E-state index in [0.717, 1.165) is 5.56 Å². The lowest BCUT2D eigenvalue weighted by atomic mass is 10.0. The van der Waals surface area contributed by atoms with Gasteiger partial charge in [-0.05, 0) is 18.6 Å². The van der Waals surface area contributed by atoms with E-state index in [0.29, 0.717) is 22.8 Å². The minimum absolute atomic E-state index is 0.156. The zero-order valence-electron chi connectivity index (χ0n) is 11.0. The number of aryl methyl sites for hydroxylation is 1. The Bertz CT molecular complexity index is 593. The van der Waals surface area contributed by atoms with Gasteiger partial charge in [-0.1, -0.05) is 6.07 Å². The summed E-state index contributed by atoms with van der Waals surface area (Å²) in [7, 11) is 2.93. The summed E-state index contributed by atoms with van der Waals surface area (Å²) >= 11 is 0. The van der Waals surface area contributed by atoms with Gasteiger partial charge < -0.3 is 20.9 Å². The zero-order chi connectivity index (χ0) is 14.0. The molecule has 1 heterocycles. The third-order valence-electron chi connectivity index (χ3n) is 2.67. The maximum atomic E-state index is 5.99. The van der Waals surface area contributed by atoms with Crippen molar-refractivity contribution in [1.82, 2.24) is 15.0 Å². The van der Waals surface area contributed by atoms with Crippen molar-refractivity contribution in [2.45, 2.75) is 6.92 Å². The minimum atomic E-state index is 0.156. The lowest BCUT2D eigenvalue weighted by Gasteiger charge is -2.11. The summed E-state index contributed by atoms with van der Waals surface area (Å²) in [6.07, 6.45) is 0. The molecule has 0 radical (unpaired) electrons. The van der Waals surface area contributed by atoms with Crippen molar-refractivity contribution in [3.8, 4) is 23.4 Å². The van der Waals surface area contributed by atoms with Crippen LogP contribution in [0.15, 0.2) is 12.1 Å². The number of benzene rings is 1. The first-order valence-corrected chi connectivity index (χ1v) is 5.55. The summed E-state index contributed by atoms with van der Waals surface area (Å²) in [4.78, 5) is 12.3. The second kappa shape index (κ2) is 4.97. The van der Waals surface area contributed by atoms with Crippen LogP contribution >= 0.6 is 0 Å². The first-order chi connectivity index (χ1) is 9.06. The number of rotatable bonds is 3. The first-order valence-electron chi connectivity index (χ1n) is 5.55. The van der Waals surface area contributed by atoms with E-state index in [1.807, 2.05) is 13.0 Å². The molecule has 1 aromatic carbocycles. The SMILES string of the molecule is COc1nc(OC)nc(-c2c(C)ccc(N)c2N)n1. The molecule has 0 aliphatic carbocycles. The number of ether oxygens (including phenoxy) is 2. The van der Waals surface area contributed by atoms with Gasteiger partial charge in [0.2, 0.25) is 0 Å². The van der Waals surface area contributed by atoms with Gasteiger partial charge >= 0.3 is 12.0 Å². The quantitative estimate of drug-likeness (QED) is 0.794. The Balaban J connectivity index is 2.68. The molecule has 0 saturated heterocycles. The molecule has 0 saturated carbocycles. The van der Waals surface area contributed by atoms with Crippen molar-refractivity contribution in [1.29, 1.82) is 0 Å². The van der Waals surface area contributed by atoms with Gasteiger partial charge in [-0.25, -0.2) is 0 Å². The Labute approximate surface area is 110 Å². The molecule has 1 aromatic heterocycles. The zero-order valence-corrected chi connectivity index (χ0v) is 11.0. The maximum absolute atomic E-state index is 5.99. The number of anilines is 2. The monoisotopic (exact) mass is 261 g/mol. The molecule has 0 bridgehead atoms. The van der Waals surface area contributed by atoms with Gasteiger partial charge in [0.1, 0.15) is 0 Å². The number of methoxy groups -OCH3 is 2. The third kappa shape index (κ3) is 2.35. The normalized spacial score (nSPS) is 10.3. The van der Waals surface area contributed by atoms with Gasteiger partial charge in [-0.15, -0.1) is 4.98 Å². The molecule has 0 atom stereocenters. The molecule has 100 valence electrons. The molecule has 0 aliphatic rings. The molecule has 0 amide bonds. The fourth-order valence-corrected chi connectivity index (χ4v) is 1.67. The van der Waals surface area contributed by atoms with Crippen LogP contribution in [0.4, 0.5) is 11.4 Å². The Kier molecular flexibility index (Phi) is 3.37. The molecule has 0 spiro atoms. The summed E-state index contributed by atoms with van der Waals surface area (Å²) < 4.78 is 10.0. The van der Waals surface area contributed by atoms with Crippen LogP contribution < -0.4 is 20.9 Å². The highest BCUT2D eigenvalue weighted by molar-refractivity contribution is 5.83. The van der Waals surface area contributed by atoms with Crippen molar-refractivity contribution >= 4 is 11.4 Å². The molecule has 0 unspecified atom stereocenters. The van der Waals surface area contributed by atoms with Gasteiger partial charge in [-0.2, -0.15) is 9.97 Å². The van der Waals surface area contributed by atoms with Crippen LogP contribution in [0.5, 0.6) is 12.0 Å². The van der Waals surface area contributed by atoms with E-state index in [1.165, 1.54) is 14.2 Å². The van der Waals surface area contributed by atoms with E-state index in [-0.39, 0.29) is 12.0 Å². The Morgan fingerprint density at radius 3 is 2.05 bits per heavy atom. The number of hydrogen-bond acceptors (Lipinski definition) is 7. The molecule has 7 heteroatoms. The van der Waals surface area contributed by atoms with Crippen molar-refractivity contribution in [3.05, 3.63) is 17.7 Å².